The fraction of sp³-hybridized carbons (Fsp3) is 0.333. The molecule has 100 valence electrons. The summed E-state index contributed by atoms with van der Waals surface area (Å²) in [6.45, 7) is 8.72. The van der Waals surface area contributed by atoms with Gasteiger partial charge in [0.2, 0.25) is 0 Å². The second-order valence-electron chi connectivity index (χ2n) is 5.13. The lowest BCUT2D eigenvalue weighted by molar-refractivity contribution is 1.10. The van der Waals surface area contributed by atoms with Gasteiger partial charge in [-0.05, 0) is 61.1 Å². The van der Waals surface area contributed by atoms with E-state index in [1.807, 2.05) is 6.07 Å². The Balaban J connectivity index is 2.70. The van der Waals surface area contributed by atoms with E-state index in [2.05, 4.69) is 52.0 Å². The van der Waals surface area contributed by atoms with Crippen molar-refractivity contribution in [3.63, 3.8) is 0 Å². The molecule has 19 heavy (non-hydrogen) atoms. The smallest absolute Gasteiger partial charge is 0.0484 e. The molecule has 0 saturated heterocycles. The number of rotatable bonds is 3. The summed E-state index contributed by atoms with van der Waals surface area (Å²) in [6.07, 6.45) is 2.07. The Morgan fingerprint density at radius 3 is 2.26 bits per heavy atom. The molecular formula is C18H21Cl. The van der Waals surface area contributed by atoms with Crippen molar-refractivity contribution in [2.45, 2.75) is 40.5 Å². The van der Waals surface area contributed by atoms with Crippen molar-refractivity contribution in [3.8, 4) is 11.1 Å². The highest BCUT2D eigenvalue weighted by Crippen LogP contribution is 2.34. The van der Waals surface area contributed by atoms with Crippen LogP contribution in [-0.4, -0.2) is 0 Å². The van der Waals surface area contributed by atoms with Crippen LogP contribution in [-0.2, 0) is 12.8 Å². The van der Waals surface area contributed by atoms with Crippen LogP contribution in [0.1, 0.15) is 36.1 Å². The molecule has 0 atom stereocenters. The molecule has 0 aromatic heterocycles. The summed E-state index contributed by atoms with van der Waals surface area (Å²) in [5, 5.41) is 0.844. The van der Waals surface area contributed by atoms with Crippen LogP contribution < -0.4 is 0 Å². The first-order chi connectivity index (χ1) is 9.06. The zero-order valence-corrected chi connectivity index (χ0v) is 12.9. The third-order valence-electron chi connectivity index (χ3n) is 3.70. The Hall–Kier alpha value is -1.27. The number of halogens is 1. The Morgan fingerprint density at radius 1 is 0.895 bits per heavy atom. The Bertz CT molecular complexity index is 597. The molecule has 1 heteroatoms. The molecule has 0 saturated carbocycles. The topological polar surface area (TPSA) is 0 Å². The van der Waals surface area contributed by atoms with E-state index in [0.717, 1.165) is 17.9 Å². The van der Waals surface area contributed by atoms with Crippen molar-refractivity contribution in [2.24, 2.45) is 0 Å². The average molecular weight is 273 g/mol. The fourth-order valence-corrected chi connectivity index (χ4v) is 2.93. The molecule has 0 heterocycles. The Labute approximate surface area is 121 Å². The molecular weight excluding hydrogens is 252 g/mol. The first-order valence-corrected chi connectivity index (χ1v) is 7.33. The molecule has 2 rings (SSSR count). The van der Waals surface area contributed by atoms with Crippen LogP contribution >= 0.6 is 11.6 Å². The molecule has 0 bridgehead atoms. The van der Waals surface area contributed by atoms with E-state index in [4.69, 9.17) is 11.6 Å². The van der Waals surface area contributed by atoms with Crippen molar-refractivity contribution < 1.29 is 0 Å². The molecule has 0 radical (unpaired) electrons. The molecule has 0 spiro atoms. The van der Waals surface area contributed by atoms with Gasteiger partial charge < -0.3 is 0 Å². The van der Waals surface area contributed by atoms with Gasteiger partial charge in [0, 0.05) is 10.6 Å². The number of hydrogen-bond acceptors (Lipinski definition) is 0. The lowest BCUT2D eigenvalue weighted by atomic mass is 9.91. The van der Waals surface area contributed by atoms with Gasteiger partial charge in [0.15, 0.2) is 0 Å². The minimum atomic E-state index is 0.844. The highest BCUT2D eigenvalue weighted by Gasteiger charge is 2.11. The first kappa shape index (κ1) is 14.1. The van der Waals surface area contributed by atoms with Crippen molar-refractivity contribution in [3.05, 3.63) is 57.6 Å². The summed E-state index contributed by atoms with van der Waals surface area (Å²) >= 11 is 6.42. The Kier molecular flexibility index (Phi) is 4.31. The van der Waals surface area contributed by atoms with Gasteiger partial charge in [0.1, 0.15) is 0 Å². The zero-order chi connectivity index (χ0) is 14.0. The van der Waals surface area contributed by atoms with Gasteiger partial charge in [0.25, 0.3) is 0 Å². The maximum atomic E-state index is 6.42. The van der Waals surface area contributed by atoms with Gasteiger partial charge in [0.05, 0.1) is 0 Å². The second kappa shape index (κ2) is 5.79. The molecule has 0 fully saturated rings. The quantitative estimate of drug-likeness (QED) is 0.667. The number of hydrogen-bond donors (Lipinski definition) is 0. The van der Waals surface area contributed by atoms with Crippen LogP contribution in [0, 0.1) is 13.8 Å². The van der Waals surface area contributed by atoms with Crippen LogP contribution in [0.3, 0.4) is 0 Å². The molecule has 0 amide bonds. The van der Waals surface area contributed by atoms with Crippen molar-refractivity contribution in [2.75, 3.05) is 0 Å². The third-order valence-corrected chi connectivity index (χ3v) is 4.03. The highest BCUT2D eigenvalue weighted by atomic mass is 35.5. The van der Waals surface area contributed by atoms with E-state index >= 15 is 0 Å². The van der Waals surface area contributed by atoms with Gasteiger partial charge >= 0.3 is 0 Å². The summed E-state index contributed by atoms with van der Waals surface area (Å²) in [4.78, 5) is 0. The van der Waals surface area contributed by atoms with Crippen LogP contribution in [0.15, 0.2) is 30.3 Å². The molecule has 0 N–H and O–H groups in total. The third kappa shape index (κ3) is 2.84. The molecule has 0 aliphatic rings. The van der Waals surface area contributed by atoms with E-state index in [0.29, 0.717) is 0 Å². The fourth-order valence-electron chi connectivity index (χ4n) is 2.71. The van der Waals surface area contributed by atoms with Crippen molar-refractivity contribution in [1.29, 1.82) is 0 Å². The monoisotopic (exact) mass is 272 g/mol. The lowest BCUT2D eigenvalue weighted by Crippen LogP contribution is -1.95. The molecule has 0 nitrogen and oxygen atoms in total. The minimum absolute atomic E-state index is 0.844. The largest absolute Gasteiger partial charge is 0.0837 e. The maximum absolute atomic E-state index is 6.42. The van der Waals surface area contributed by atoms with Crippen LogP contribution in [0.5, 0.6) is 0 Å². The van der Waals surface area contributed by atoms with Gasteiger partial charge in [-0.15, -0.1) is 0 Å². The molecule has 0 unspecified atom stereocenters. The van der Waals surface area contributed by atoms with E-state index in [9.17, 15) is 0 Å². The number of aryl methyl sites for hydroxylation is 3. The van der Waals surface area contributed by atoms with Crippen LogP contribution in [0.25, 0.3) is 11.1 Å². The first-order valence-electron chi connectivity index (χ1n) is 6.95. The predicted molar refractivity (Wildman–Crippen MR) is 85.1 cm³/mol. The average Bonchev–Trinajstić information content (AvgIpc) is 2.38. The van der Waals surface area contributed by atoms with E-state index in [1.165, 1.54) is 33.4 Å². The number of benzene rings is 2. The van der Waals surface area contributed by atoms with E-state index in [-0.39, 0.29) is 0 Å². The molecule has 2 aromatic carbocycles. The molecule has 2 aromatic rings. The van der Waals surface area contributed by atoms with Crippen molar-refractivity contribution >= 4 is 11.6 Å². The van der Waals surface area contributed by atoms with Crippen molar-refractivity contribution in [1.82, 2.24) is 0 Å². The second-order valence-corrected chi connectivity index (χ2v) is 5.54. The van der Waals surface area contributed by atoms with Gasteiger partial charge in [-0.25, -0.2) is 0 Å². The standard InChI is InChI=1S/C18H21Cl/c1-5-14-7-8-18(19)17(11-14)16-10-12(3)9-13(4)15(16)6-2/h7-11H,5-6H2,1-4H3. The summed E-state index contributed by atoms with van der Waals surface area (Å²) in [5.41, 5.74) is 7.85. The molecule has 0 aliphatic carbocycles. The predicted octanol–water partition coefficient (Wildman–Crippen LogP) is 5.75. The normalized spacial score (nSPS) is 10.8. The van der Waals surface area contributed by atoms with Crippen LogP contribution in [0.2, 0.25) is 5.02 Å². The van der Waals surface area contributed by atoms with Gasteiger partial charge in [-0.2, -0.15) is 0 Å². The van der Waals surface area contributed by atoms with Gasteiger partial charge in [-0.1, -0.05) is 49.2 Å². The SMILES string of the molecule is CCc1ccc(Cl)c(-c2cc(C)cc(C)c2CC)c1. The zero-order valence-electron chi connectivity index (χ0n) is 12.2. The Morgan fingerprint density at radius 2 is 1.63 bits per heavy atom. The molecule has 0 aliphatic heterocycles. The summed E-state index contributed by atoms with van der Waals surface area (Å²) < 4.78 is 0. The summed E-state index contributed by atoms with van der Waals surface area (Å²) in [6, 6.07) is 10.9. The summed E-state index contributed by atoms with van der Waals surface area (Å²) in [5.74, 6) is 0. The highest BCUT2D eigenvalue weighted by molar-refractivity contribution is 6.33. The maximum Gasteiger partial charge on any atom is 0.0484 e. The summed E-state index contributed by atoms with van der Waals surface area (Å²) in [7, 11) is 0. The minimum Gasteiger partial charge on any atom is -0.0837 e. The van der Waals surface area contributed by atoms with Gasteiger partial charge in [-0.3, -0.25) is 0 Å². The van der Waals surface area contributed by atoms with Crippen LogP contribution in [0.4, 0.5) is 0 Å². The lowest BCUT2D eigenvalue weighted by Gasteiger charge is -2.15. The van der Waals surface area contributed by atoms with E-state index < -0.39 is 0 Å². The van der Waals surface area contributed by atoms with E-state index in [1.54, 1.807) is 0 Å².